The minimum absolute atomic E-state index is 0.00116. The van der Waals surface area contributed by atoms with E-state index >= 15 is 0 Å². The van der Waals surface area contributed by atoms with Crippen molar-refractivity contribution in [1.29, 1.82) is 0 Å². The fourth-order valence-corrected chi connectivity index (χ4v) is 2.33. The summed E-state index contributed by atoms with van der Waals surface area (Å²) in [5, 5.41) is 9.14. The number of aryl methyl sites for hydroxylation is 1. The van der Waals surface area contributed by atoms with Gasteiger partial charge in [-0.25, -0.2) is 4.79 Å². The van der Waals surface area contributed by atoms with Crippen LogP contribution in [0.3, 0.4) is 0 Å². The van der Waals surface area contributed by atoms with Crippen LogP contribution in [0.1, 0.15) is 35.3 Å². The first kappa shape index (κ1) is 13.3. The Bertz CT molecular complexity index is 564. The highest BCUT2D eigenvalue weighted by Crippen LogP contribution is 2.19. The van der Waals surface area contributed by atoms with Gasteiger partial charge in [0.1, 0.15) is 11.6 Å². The lowest BCUT2D eigenvalue weighted by Gasteiger charge is -2.32. The summed E-state index contributed by atoms with van der Waals surface area (Å²) in [6.07, 6.45) is 1.98. The monoisotopic (exact) mass is 264 g/mol. The Labute approximate surface area is 110 Å². The van der Waals surface area contributed by atoms with Gasteiger partial charge in [0.15, 0.2) is 0 Å². The number of nitrogens with one attached hydrogen (secondary N) is 1. The first-order valence-corrected chi connectivity index (χ1v) is 6.24. The van der Waals surface area contributed by atoms with Gasteiger partial charge in [-0.1, -0.05) is 0 Å². The molecule has 0 saturated carbocycles. The highest BCUT2D eigenvalue weighted by molar-refractivity contribution is 5.96. The maximum absolute atomic E-state index is 12.3. The first-order chi connectivity index (χ1) is 9.00. The number of carbonyl (C=O) groups excluding carboxylic acids is 1. The fraction of sp³-hybridized carbons (Fsp3) is 0.462. The van der Waals surface area contributed by atoms with E-state index in [1.807, 2.05) is 0 Å². The van der Waals surface area contributed by atoms with E-state index in [2.05, 4.69) is 4.98 Å². The van der Waals surface area contributed by atoms with Gasteiger partial charge >= 0.3 is 5.97 Å². The predicted octanol–water partition coefficient (Wildman–Crippen LogP) is 0.763. The standard InChI is InChI=1S/C13H16N2O4/c1-8-5-6-9(11(16)14-8)12(17)15-7-3-2-4-10(15)13(18)19/h5-6,10H,2-4,7H2,1H3,(H,14,16)(H,18,19)/t10-/m0/s1. The molecule has 2 N–H and O–H groups in total. The van der Waals surface area contributed by atoms with Crippen LogP contribution in [0.4, 0.5) is 0 Å². The van der Waals surface area contributed by atoms with Crippen molar-refractivity contribution < 1.29 is 14.7 Å². The van der Waals surface area contributed by atoms with Crippen LogP contribution >= 0.6 is 0 Å². The number of nitrogens with zero attached hydrogens (tertiary/aromatic N) is 1. The molecule has 6 heteroatoms. The summed E-state index contributed by atoms with van der Waals surface area (Å²) in [4.78, 5) is 39.0. The summed E-state index contributed by atoms with van der Waals surface area (Å²) in [5.41, 5.74) is 0.188. The maximum atomic E-state index is 12.3. The van der Waals surface area contributed by atoms with E-state index in [1.54, 1.807) is 13.0 Å². The van der Waals surface area contributed by atoms with Crippen molar-refractivity contribution in [1.82, 2.24) is 9.88 Å². The molecular formula is C13H16N2O4. The van der Waals surface area contributed by atoms with Gasteiger partial charge in [-0.3, -0.25) is 9.59 Å². The lowest BCUT2D eigenvalue weighted by Crippen LogP contribution is -2.49. The molecule has 1 aliphatic heterocycles. The summed E-state index contributed by atoms with van der Waals surface area (Å²) < 4.78 is 0. The lowest BCUT2D eigenvalue weighted by atomic mass is 10.0. The topological polar surface area (TPSA) is 90.5 Å². The number of piperidine rings is 1. The van der Waals surface area contributed by atoms with Gasteiger partial charge in [0.05, 0.1) is 0 Å². The van der Waals surface area contributed by atoms with Gasteiger partial charge in [0.25, 0.3) is 11.5 Å². The van der Waals surface area contributed by atoms with E-state index in [-0.39, 0.29) is 5.56 Å². The molecule has 0 unspecified atom stereocenters. The van der Waals surface area contributed by atoms with Crippen molar-refractivity contribution in [2.45, 2.75) is 32.2 Å². The lowest BCUT2D eigenvalue weighted by molar-refractivity contribution is -0.143. The van der Waals surface area contributed by atoms with Crippen LogP contribution in [0.15, 0.2) is 16.9 Å². The van der Waals surface area contributed by atoms with Crippen LogP contribution in [-0.2, 0) is 4.79 Å². The third-order valence-electron chi connectivity index (χ3n) is 3.33. The molecule has 0 aromatic carbocycles. The third kappa shape index (κ3) is 2.67. The number of carbonyl (C=O) groups is 2. The number of pyridine rings is 1. The van der Waals surface area contributed by atoms with Crippen LogP contribution < -0.4 is 5.56 Å². The average molecular weight is 264 g/mol. The summed E-state index contributed by atoms with van der Waals surface area (Å²) in [6.45, 7) is 2.10. The molecule has 1 aromatic rings. The molecule has 2 heterocycles. The molecule has 1 fully saturated rings. The number of aromatic amines is 1. The second-order valence-electron chi connectivity index (χ2n) is 4.73. The summed E-state index contributed by atoms with van der Waals surface area (Å²) in [7, 11) is 0. The van der Waals surface area contributed by atoms with Gasteiger partial charge in [-0.15, -0.1) is 0 Å². The van der Waals surface area contributed by atoms with E-state index < -0.39 is 23.5 Å². The zero-order valence-corrected chi connectivity index (χ0v) is 10.7. The van der Waals surface area contributed by atoms with Gasteiger partial charge in [0, 0.05) is 12.2 Å². The molecule has 1 aliphatic rings. The Morgan fingerprint density at radius 1 is 1.37 bits per heavy atom. The Morgan fingerprint density at radius 3 is 2.74 bits per heavy atom. The highest BCUT2D eigenvalue weighted by Gasteiger charge is 2.33. The summed E-state index contributed by atoms with van der Waals surface area (Å²) >= 11 is 0. The normalized spacial score (nSPS) is 19.2. The van der Waals surface area contributed by atoms with E-state index in [0.29, 0.717) is 18.7 Å². The molecule has 1 amide bonds. The highest BCUT2D eigenvalue weighted by atomic mass is 16.4. The van der Waals surface area contributed by atoms with Crippen LogP contribution in [-0.4, -0.2) is 39.5 Å². The third-order valence-corrected chi connectivity index (χ3v) is 3.33. The molecule has 6 nitrogen and oxygen atoms in total. The Kier molecular flexibility index (Phi) is 3.69. The van der Waals surface area contributed by atoms with E-state index in [4.69, 9.17) is 5.11 Å². The quantitative estimate of drug-likeness (QED) is 0.825. The molecule has 102 valence electrons. The van der Waals surface area contributed by atoms with Crippen molar-refractivity contribution in [3.8, 4) is 0 Å². The summed E-state index contributed by atoms with van der Waals surface area (Å²) in [6, 6.07) is 2.25. The SMILES string of the molecule is Cc1ccc(C(=O)N2CCCC[C@H]2C(=O)O)c(=O)[nH]1. The molecule has 0 bridgehead atoms. The van der Waals surface area contributed by atoms with Crippen molar-refractivity contribution in [2.75, 3.05) is 6.54 Å². The number of amides is 1. The Hall–Kier alpha value is -2.11. The number of carboxylic acid groups (broad SMARTS) is 1. The van der Waals surface area contributed by atoms with Crippen molar-refractivity contribution in [2.24, 2.45) is 0 Å². The van der Waals surface area contributed by atoms with Crippen LogP contribution in [0.5, 0.6) is 0 Å². The zero-order valence-electron chi connectivity index (χ0n) is 10.7. The van der Waals surface area contributed by atoms with Crippen molar-refractivity contribution >= 4 is 11.9 Å². The van der Waals surface area contributed by atoms with E-state index in [9.17, 15) is 14.4 Å². The van der Waals surface area contributed by atoms with Crippen molar-refractivity contribution in [3.63, 3.8) is 0 Å². The minimum Gasteiger partial charge on any atom is -0.480 e. The van der Waals surface area contributed by atoms with E-state index in [1.165, 1.54) is 11.0 Å². The molecule has 1 aromatic heterocycles. The second kappa shape index (κ2) is 5.26. The Balaban J connectivity index is 2.31. The number of carboxylic acids is 1. The molecule has 0 radical (unpaired) electrons. The number of likely N-dealkylation sites (tertiary alicyclic amines) is 1. The number of H-pyrrole nitrogens is 1. The minimum atomic E-state index is -1.02. The van der Waals surface area contributed by atoms with Gasteiger partial charge in [0.2, 0.25) is 0 Å². The number of rotatable bonds is 2. The largest absolute Gasteiger partial charge is 0.480 e. The molecule has 1 saturated heterocycles. The molecular weight excluding hydrogens is 248 g/mol. The second-order valence-corrected chi connectivity index (χ2v) is 4.73. The number of hydrogen-bond donors (Lipinski definition) is 2. The molecule has 0 spiro atoms. The van der Waals surface area contributed by atoms with Gasteiger partial charge in [-0.2, -0.15) is 0 Å². The zero-order chi connectivity index (χ0) is 14.0. The van der Waals surface area contributed by atoms with Crippen molar-refractivity contribution in [3.05, 3.63) is 33.7 Å². The van der Waals surface area contributed by atoms with E-state index in [0.717, 1.165) is 12.8 Å². The number of aliphatic carboxylic acids is 1. The average Bonchev–Trinajstić information content (AvgIpc) is 2.38. The maximum Gasteiger partial charge on any atom is 0.326 e. The molecule has 2 rings (SSSR count). The number of aromatic nitrogens is 1. The molecule has 1 atom stereocenters. The van der Waals surface area contributed by atoms with Crippen LogP contribution in [0.2, 0.25) is 0 Å². The predicted molar refractivity (Wildman–Crippen MR) is 68.1 cm³/mol. The van der Waals surface area contributed by atoms with Gasteiger partial charge in [-0.05, 0) is 38.3 Å². The smallest absolute Gasteiger partial charge is 0.326 e. The molecule has 19 heavy (non-hydrogen) atoms. The summed E-state index contributed by atoms with van der Waals surface area (Å²) in [5.74, 6) is -1.52. The molecule has 0 aliphatic carbocycles. The van der Waals surface area contributed by atoms with Crippen LogP contribution in [0, 0.1) is 6.92 Å². The fourth-order valence-electron chi connectivity index (χ4n) is 2.33. The number of hydrogen-bond acceptors (Lipinski definition) is 3. The Morgan fingerprint density at radius 2 is 2.11 bits per heavy atom. The van der Waals surface area contributed by atoms with Crippen LogP contribution in [0.25, 0.3) is 0 Å². The van der Waals surface area contributed by atoms with Gasteiger partial charge < -0.3 is 15.0 Å². The first-order valence-electron chi connectivity index (χ1n) is 6.24.